The number of carbonyl (C=O) groups excluding carboxylic acids is 1. The molecule has 1 amide bonds. The highest BCUT2D eigenvalue weighted by molar-refractivity contribution is 6.02. The van der Waals surface area contributed by atoms with Crippen LogP contribution in [0.1, 0.15) is 15.9 Å². The van der Waals surface area contributed by atoms with Gasteiger partial charge in [-0.1, -0.05) is 30.3 Å². The second-order valence-corrected chi connectivity index (χ2v) is 5.75. The van der Waals surface area contributed by atoms with E-state index in [-0.39, 0.29) is 30.2 Å². The molecule has 0 saturated carbocycles. The molecule has 3 rings (SSSR count). The number of allylic oxidation sites excluding steroid dienone is 1. The Morgan fingerprint density at radius 3 is 2.58 bits per heavy atom. The maximum Gasteiger partial charge on any atom is 0.268 e. The van der Waals surface area contributed by atoms with Gasteiger partial charge in [-0.3, -0.25) is 9.59 Å². The van der Waals surface area contributed by atoms with Gasteiger partial charge in [0.2, 0.25) is 0 Å². The molecule has 0 unspecified atom stereocenters. The molecule has 132 valence electrons. The average molecular weight is 352 g/mol. The van der Waals surface area contributed by atoms with Gasteiger partial charge in [-0.25, -0.2) is 4.39 Å². The van der Waals surface area contributed by atoms with Crippen molar-refractivity contribution < 1.29 is 14.3 Å². The number of rotatable bonds is 5. The summed E-state index contributed by atoms with van der Waals surface area (Å²) in [5.41, 5.74) is 0.266. The molecular formula is C20H17FN2O3. The third-order valence-corrected chi connectivity index (χ3v) is 4.05. The standard InChI is InChI=1S/C20H17FN2O3/c1-2-11-23-16-6-4-3-5-15(16)18(24)17(20(23)26)19(25)22-12-13-7-9-14(21)10-8-13/h2-10,24H,1,11-12H2,(H,22,25). The van der Waals surface area contributed by atoms with Crippen LogP contribution in [-0.4, -0.2) is 15.6 Å². The van der Waals surface area contributed by atoms with Gasteiger partial charge < -0.3 is 15.0 Å². The summed E-state index contributed by atoms with van der Waals surface area (Å²) in [6, 6.07) is 12.4. The zero-order valence-electron chi connectivity index (χ0n) is 13.9. The number of para-hydroxylation sites is 1. The van der Waals surface area contributed by atoms with Crippen LogP contribution < -0.4 is 10.9 Å². The molecule has 1 heterocycles. The second-order valence-electron chi connectivity index (χ2n) is 5.75. The molecule has 1 aromatic heterocycles. The Morgan fingerprint density at radius 2 is 1.88 bits per heavy atom. The first-order valence-corrected chi connectivity index (χ1v) is 8.01. The summed E-state index contributed by atoms with van der Waals surface area (Å²) in [6.07, 6.45) is 1.55. The normalized spacial score (nSPS) is 10.7. The van der Waals surface area contributed by atoms with E-state index >= 15 is 0 Å². The Hall–Kier alpha value is -3.41. The number of pyridine rings is 1. The van der Waals surface area contributed by atoms with Crippen molar-refractivity contribution in [1.29, 1.82) is 0 Å². The molecule has 26 heavy (non-hydrogen) atoms. The monoisotopic (exact) mass is 352 g/mol. The second kappa shape index (κ2) is 7.23. The molecule has 6 heteroatoms. The molecule has 0 saturated heterocycles. The van der Waals surface area contributed by atoms with Crippen molar-refractivity contribution in [1.82, 2.24) is 9.88 Å². The van der Waals surface area contributed by atoms with Crippen molar-refractivity contribution in [2.75, 3.05) is 0 Å². The largest absolute Gasteiger partial charge is 0.506 e. The molecule has 3 aromatic rings. The van der Waals surface area contributed by atoms with E-state index < -0.39 is 11.5 Å². The third kappa shape index (κ3) is 3.21. The minimum Gasteiger partial charge on any atom is -0.506 e. The Balaban J connectivity index is 2.00. The fourth-order valence-electron chi connectivity index (χ4n) is 2.78. The first-order chi connectivity index (χ1) is 12.5. The molecule has 0 atom stereocenters. The fraction of sp³-hybridized carbons (Fsp3) is 0.100. The molecule has 2 N–H and O–H groups in total. The van der Waals surface area contributed by atoms with Crippen LogP contribution in [0.3, 0.4) is 0 Å². The van der Waals surface area contributed by atoms with Gasteiger partial charge in [-0.2, -0.15) is 0 Å². The quantitative estimate of drug-likeness (QED) is 0.694. The number of halogens is 1. The number of fused-ring (bicyclic) bond motifs is 1. The van der Waals surface area contributed by atoms with Gasteiger partial charge in [0.25, 0.3) is 11.5 Å². The minimum absolute atomic E-state index is 0.103. The van der Waals surface area contributed by atoms with E-state index in [9.17, 15) is 19.1 Å². The van der Waals surface area contributed by atoms with Gasteiger partial charge in [0.1, 0.15) is 17.1 Å². The van der Waals surface area contributed by atoms with E-state index in [0.29, 0.717) is 16.5 Å². The van der Waals surface area contributed by atoms with Gasteiger partial charge in [0.15, 0.2) is 0 Å². The number of benzene rings is 2. The lowest BCUT2D eigenvalue weighted by atomic mass is 10.1. The number of aromatic nitrogens is 1. The van der Waals surface area contributed by atoms with Crippen molar-refractivity contribution in [3.05, 3.63) is 88.5 Å². The van der Waals surface area contributed by atoms with Crippen molar-refractivity contribution in [3.8, 4) is 5.75 Å². The maximum atomic E-state index is 12.9. The Labute approximate surface area is 149 Å². The smallest absolute Gasteiger partial charge is 0.268 e. The van der Waals surface area contributed by atoms with E-state index in [1.54, 1.807) is 30.3 Å². The lowest BCUT2D eigenvalue weighted by molar-refractivity contribution is 0.0946. The highest BCUT2D eigenvalue weighted by Crippen LogP contribution is 2.26. The highest BCUT2D eigenvalue weighted by Gasteiger charge is 2.21. The van der Waals surface area contributed by atoms with Gasteiger partial charge >= 0.3 is 0 Å². The van der Waals surface area contributed by atoms with E-state index in [0.717, 1.165) is 0 Å². The predicted molar refractivity (Wildman–Crippen MR) is 97.6 cm³/mol. The van der Waals surface area contributed by atoms with Gasteiger partial charge in [-0.05, 0) is 29.8 Å². The Kier molecular flexibility index (Phi) is 4.84. The molecule has 0 bridgehead atoms. The number of nitrogens with one attached hydrogen (secondary N) is 1. The number of nitrogens with zero attached hydrogens (tertiary/aromatic N) is 1. The minimum atomic E-state index is -0.694. The van der Waals surface area contributed by atoms with Crippen LogP contribution >= 0.6 is 0 Å². The molecule has 0 aliphatic carbocycles. The van der Waals surface area contributed by atoms with Gasteiger partial charge in [0, 0.05) is 18.5 Å². The summed E-state index contributed by atoms with van der Waals surface area (Å²) in [4.78, 5) is 25.3. The molecule has 2 aromatic carbocycles. The number of aromatic hydroxyl groups is 1. The zero-order chi connectivity index (χ0) is 18.7. The molecule has 5 nitrogen and oxygen atoms in total. The van der Waals surface area contributed by atoms with Crippen LogP contribution in [0.15, 0.2) is 66.0 Å². The summed E-state index contributed by atoms with van der Waals surface area (Å²) in [5.74, 6) is -1.43. The van der Waals surface area contributed by atoms with E-state index in [1.165, 1.54) is 28.8 Å². The van der Waals surface area contributed by atoms with Crippen LogP contribution in [0, 0.1) is 5.82 Å². The topological polar surface area (TPSA) is 71.3 Å². The van der Waals surface area contributed by atoms with Crippen LogP contribution in [0.5, 0.6) is 5.75 Å². The summed E-state index contributed by atoms with van der Waals surface area (Å²) in [5, 5.41) is 13.5. The van der Waals surface area contributed by atoms with E-state index in [4.69, 9.17) is 0 Å². The molecule has 0 aliphatic heterocycles. The third-order valence-electron chi connectivity index (χ3n) is 4.05. The Morgan fingerprint density at radius 1 is 1.19 bits per heavy atom. The highest BCUT2D eigenvalue weighted by atomic mass is 19.1. The van der Waals surface area contributed by atoms with Crippen LogP contribution in [0.25, 0.3) is 10.9 Å². The Bertz CT molecular complexity index is 1040. The van der Waals surface area contributed by atoms with Crippen molar-refractivity contribution in [3.63, 3.8) is 0 Å². The number of hydrogen-bond acceptors (Lipinski definition) is 3. The van der Waals surface area contributed by atoms with Gasteiger partial charge in [-0.15, -0.1) is 6.58 Å². The lowest BCUT2D eigenvalue weighted by Gasteiger charge is -2.13. The maximum absolute atomic E-state index is 12.9. The van der Waals surface area contributed by atoms with Crippen molar-refractivity contribution in [2.45, 2.75) is 13.1 Å². The summed E-state index contributed by atoms with van der Waals surface area (Å²) in [6.45, 7) is 3.94. The van der Waals surface area contributed by atoms with Crippen molar-refractivity contribution in [2.24, 2.45) is 0 Å². The number of amides is 1. The van der Waals surface area contributed by atoms with Crippen LogP contribution in [0.2, 0.25) is 0 Å². The van der Waals surface area contributed by atoms with E-state index in [1.807, 2.05) is 0 Å². The fourth-order valence-corrected chi connectivity index (χ4v) is 2.78. The van der Waals surface area contributed by atoms with E-state index in [2.05, 4.69) is 11.9 Å². The van der Waals surface area contributed by atoms with Crippen LogP contribution in [0.4, 0.5) is 4.39 Å². The lowest BCUT2D eigenvalue weighted by Crippen LogP contribution is -2.33. The predicted octanol–water partition coefficient (Wildman–Crippen LogP) is 2.96. The average Bonchev–Trinajstić information content (AvgIpc) is 2.65. The zero-order valence-corrected chi connectivity index (χ0v) is 13.9. The number of hydrogen-bond donors (Lipinski definition) is 2. The summed E-state index contributed by atoms with van der Waals surface area (Å²) < 4.78 is 14.3. The molecular weight excluding hydrogens is 335 g/mol. The summed E-state index contributed by atoms with van der Waals surface area (Å²) in [7, 11) is 0. The molecule has 0 fully saturated rings. The molecule has 0 spiro atoms. The van der Waals surface area contributed by atoms with Crippen molar-refractivity contribution >= 4 is 16.8 Å². The summed E-state index contributed by atoms with van der Waals surface area (Å²) >= 11 is 0. The SMILES string of the molecule is C=CCn1c(=O)c(C(=O)NCc2ccc(F)cc2)c(O)c2ccccc21. The first kappa shape index (κ1) is 17.4. The number of carbonyl (C=O) groups is 1. The first-order valence-electron chi connectivity index (χ1n) is 8.01. The molecule has 0 radical (unpaired) electrons. The molecule has 0 aliphatic rings. The van der Waals surface area contributed by atoms with Crippen LogP contribution in [-0.2, 0) is 13.1 Å². The van der Waals surface area contributed by atoms with Gasteiger partial charge in [0.05, 0.1) is 5.52 Å².